The Bertz CT molecular complexity index is 565. The van der Waals surface area contributed by atoms with E-state index in [0.29, 0.717) is 12.1 Å². The van der Waals surface area contributed by atoms with Crippen molar-refractivity contribution in [1.82, 2.24) is 24.6 Å². The zero-order valence-corrected chi connectivity index (χ0v) is 13.4. The van der Waals surface area contributed by atoms with E-state index in [0.717, 1.165) is 38.4 Å². The lowest BCUT2D eigenvalue weighted by atomic mass is 10.1. The summed E-state index contributed by atoms with van der Waals surface area (Å²) < 4.78 is 10.1. The second-order valence-electron chi connectivity index (χ2n) is 5.88. The molecule has 22 heavy (non-hydrogen) atoms. The summed E-state index contributed by atoms with van der Waals surface area (Å²) >= 11 is 0. The van der Waals surface area contributed by atoms with Gasteiger partial charge in [-0.2, -0.15) is 5.10 Å². The molecule has 0 spiro atoms. The molecule has 0 bridgehead atoms. The van der Waals surface area contributed by atoms with Gasteiger partial charge in [0.05, 0.1) is 0 Å². The van der Waals surface area contributed by atoms with Crippen LogP contribution >= 0.6 is 0 Å². The number of ether oxygens (including phenoxy) is 1. The van der Waals surface area contributed by atoms with Crippen molar-refractivity contribution in [1.29, 1.82) is 0 Å². The van der Waals surface area contributed by atoms with Crippen LogP contribution in [0.2, 0.25) is 0 Å². The summed E-state index contributed by atoms with van der Waals surface area (Å²) in [4.78, 5) is 4.50. The van der Waals surface area contributed by atoms with E-state index in [9.17, 15) is 0 Å². The third kappa shape index (κ3) is 3.39. The van der Waals surface area contributed by atoms with E-state index in [4.69, 9.17) is 4.74 Å². The molecule has 1 aliphatic rings. The van der Waals surface area contributed by atoms with E-state index < -0.39 is 0 Å². The fourth-order valence-electron chi connectivity index (χ4n) is 3.07. The molecule has 0 aliphatic carbocycles. The highest BCUT2D eigenvalue weighted by atomic mass is 16.5. The van der Waals surface area contributed by atoms with Gasteiger partial charge in [-0.1, -0.05) is 0 Å². The summed E-state index contributed by atoms with van der Waals surface area (Å²) in [5.74, 6) is 1.04. The van der Waals surface area contributed by atoms with Crippen LogP contribution in [0.5, 0.6) is 0 Å². The third-order valence-corrected chi connectivity index (χ3v) is 4.28. The average molecular weight is 303 g/mol. The summed E-state index contributed by atoms with van der Waals surface area (Å²) in [7, 11) is 0. The molecule has 0 saturated carbocycles. The number of nitrogens with zero attached hydrogens (tertiary/aromatic N) is 4. The number of nitrogens with one attached hydrogen (secondary N) is 1. The van der Waals surface area contributed by atoms with Crippen LogP contribution in [-0.4, -0.2) is 38.0 Å². The third-order valence-electron chi connectivity index (χ3n) is 4.28. The molecular formula is C16H25N5O. The van der Waals surface area contributed by atoms with E-state index in [-0.39, 0.29) is 6.10 Å². The minimum Gasteiger partial charge on any atom is -0.369 e. The van der Waals surface area contributed by atoms with Crippen LogP contribution in [0, 0.1) is 0 Å². The number of imidazole rings is 1. The number of hydrogen-bond donors (Lipinski definition) is 1. The van der Waals surface area contributed by atoms with Crippen molar-refractivity contribution < 1.29 is 4.74 Å². The van der Waals surface area contributed by atoms with Gasteiger partial charge >= 0.3 is 0 Å². The highest BCUT2D eigenvalue weighted by Gasteiger charge is 2.33. The van der Waals surface area contributed by atoms with Gasteiger partial charge < -0.3 is 14.6 Å². The van der Waals surface area contributed by atoms with Gasteiger partial charge in [-0.05, 0) is 32.8 Å². The number of rotatable bonds is 7. The first-order valence-corrected chi connectivity index (χ1v) is 8.14. The second kappa shape index (κ2) is 7.07. The predicted molar refractivity (Wildman–Crippen MR) is 84.4 cm³/mol. The second-order valence-corrected chi connectivity index (χ2v) is 5.88. The van der Waals surface area contributed by atoms with Crippen molar-refractivity contribution in [3.8, 4) is 0 Å². The maximum absolute atomic E-state index is 5.94. The Morgan fingerprint density at radius 3 is 3.09 bits per heavy atom. The molecule has 0 aromatic carbocycles. The van der Waals surface area contributed by atoms with E-state index in [1.807, 2.05) is 35.5 Å². The van der Waals surface area contributed by atoms with Gasteiger partial charge in [0.25, 0.3) is 0 Å². The first-order chi connectivity index (χ1) is 10.8. The lowest BCUT2D eigenvalue weighted by Gasteiger charge is -2.24. The topological polar surface area (TPSA) is 56.9 Å². The number of aryl methyl sites for hydroxylation is 2. The standard InChI is InChI=1S/C16H25N5O/c1-3-20-11-8-17-16(20)15-14(6-12-22-15)19-13(2)5-10-21-9-4-7-18-21/h4,7-9,11,13-15,19H,3,5-6,10,12H2,1-2H3/t13-,14-,15-/m0/s1. The maximum Gasteiger partial charge on any atom is 0.139 e. The molecule has 1 fully saturated rings. The fraction of sp³-hybridized carbons (Fsp3) is 0.625. The van der Waals surface area contributed by atoms with Crippen molar-refractivity contribution in [2.24, 2.45) is 0 Å². The molecule has 120 valence electrons. The van der Waals surface area contributed by atoms with Crippen LogP contribution in [-0.2, 0) is 17.8 Å². The van der Waals surface area contributed by atoms with Crippen LogP contribution in [0.4, 0.5) is 0 Å². The molecule has 1 N–H and O–H groups in total. The van der Waals surface area contributed by atoms with Crippen molar-refractivity contribution in [3.05, 3.63) is 36.7 Å². The first-order valence-electron chi connectivity index (χ1n) is 8.14. The summed E-state index contributed by atoms with van der Waals surface area (Å²) in [6.07, 6.45) is 9.85. The van der Waals surface area contributed by atoms with Gasteiger partial charge in [0.1, 0.15) is 11.9 Å². The number of hydrogen-bond acceptors (Lipinski definition) is 4. The van der Waals surface area contributed by atoms with Crippen molar-refractivity contribution >= 4 is 0 Å². The van der Waals surface area contributed by atoms with Crippen LogP contribution in [0.15, 0.2) is 30.9 Å². The minimum absolute atomic E-state index is 0.0575. The summed E-state index contributed by atoms with van der Waals surface area (Å²) in [6.45, 7) is 7.02. The zero-order valence-electron chi connectivity index (χ0n) is 13.4. The van der Waals surface area contributed by atoms with Crippen molar-refractivity contribution in [2.75, 3.05) is 6.61 Å². The molecule has 0 unspecified atom stereocenters. The smallest absolute Gasteiger partial charge is 0.139 e. The fourth-order valence-corrected chi connectivity index (χ4v) is 3.07. The molecule has 6 nitrogen and oxygen atoms in total. The van der Waals surface area contributed by atoms with Gasteiger partial charge in [0.2, 0.25) is 0 Å². The normalized spacial score (nSPS) is 23.0. The van der Waals surface area contributed by atoms with Gasteiger partial charge in [-0.3, -0.25) is 4.68 Å². The molecule has 3 atom stereocenters. The predicted octanol–water partition coefficient (Wildman–Crippen LogP) is 2.00. The van der Waals surface area contributed by atoms with Gasteiger partial charge in [0.15, 0.2) is 0 Å². The van der Waals surface area contributed by atoms with Crippen molar-refractivity contribution in [3.63, 3.8) is 0 Å². The van der Waals surface area contributed by atoms with E-state index >= 15 is 0 Å². The Kier molecular flexibility index (Phi) is 4.90. The highest BCUT2D eigenvalue weighted by Crippen LogP contribution is 2.28. The SMILES string of the molecule is CCn1ccnc1[C@H]1OCC[C@@H]1N[C@@H](C)CCn1cccn1. The Labute approximate surface area is 131 Å². The average Bonchev–Trinajstić information content (AvgIpc) is 3.25. The van der Waals surface area contributed by atoms with Crippen LogP contribution < -0.4 is 5.32 Å². The molecule has 2 aromatic rings. The lowest BCUT2D eigenvalue weighted by Crippen LogP contribution is -2.39. The molecule has 2 aromatic heterocycles. The molecule has 1 saturated heterocycles. The van der Waals surface area contributed by atoms with E-state index in [1.54, 1.807) is 0 Å². The Morgan fingerprint density at radius 1 is 1.41 bits per heavy atom. The molecule has 6 heteroatoms. The quantitative estimate of drug-likeness (QED) is 0.850. The van der Waals surface area contributed by atoms with Crippen LogP contribution in [0.1, 0.15) is 38.6 Å². The summed E-state index contributed by atoms with van der Waals surface area (Å²) in [5, 5.41) is 7.96. The summed E-state index contributed by atoms with van der Waals surface area (Å²) in [5.41, 5.74) is 0. The van der Waals surface area contributed by atoms with Crippen LogP contribution in [0.3, 0.4) is 0 Å². The van der Waals surface area contributed by atoms with Gasteiger partial charge in [-0.15, -0.1) is 0 Å². The Hall–Kier alpha value is -1.66. The Balaban J connectivity index is 1.56. The van der Waals surface area contributed by atoms with Crippen LogP contribution in [0.25, 0.3) is 0 Å². The molecule has 3 heterocycles. The van der Waals surface area contributed by atoms with E-state index in [1.165, 1.54) is 0 Å². The van der Waals surface area contributed by atoms with E-state index in [2.05, 4.69) is 33.8 Å². The van der Waals surface area contributed by atoms with Crippen molar-refractivity contribution in [2.45, 2.75) is 58.0 Å². The Morgan fingerprint density at radius 2 is 2.32 bits per heavy atom. The lowest BCUT2D eigenvalue weighted by molar-refractivity contribution is 0.0865. The maximum atomic E-state index is 5.94. The first kappa shape index (κ1) is 15.2. The number of aromatic nitrogens is 4. The molecular weight excluding hydrogens is 278 g/mol. The molecule has 1 aliphatic heterocycles. The largest absolute Gasteiger partial charge is 0.369 e. The van der Waals surface area contributed by atoms with Gasteiger partial charge in [-0.25, -0.2) is 4.98 Å². The monoisotopic (exact) mass is 303 g/mol. The highest BCUT2D eigenvalue weighted by molar-refractivity contribution is 5.03. The summed E-state index contributed by atoms with van der Waals surface area (Å²) in [6, 6.07) is 2.72. The molecule has 0 radical (unpaired) electrons. The molecule has 3 rings (SSSR count). The zero-order chi connectivity index (χ0) is 15.4. The van der Waals surface area contributed by atoms with Gasteiger partial charge in [0, 0.05) is 56.6 Å². The molecule has 0 amide bonds. The minimum atomic E-state index is 0.0575.